The number of carbonyl (C=O) groups is 4. The van der Waals surface area contributed by atoms with Gasteiger partial charge in [0.2, 0.25) is 11.8 Å². The summed E-state index contributed by atoms with van der Waals surface area (Å²) >= 11 is 0. The Morgan fingerprint density at radius 3 is 2.30 bits per heavy atom. The minimum atomic E-state index is -1.43. The molecule has 2 amide bonds. The van der Waals surface area contributed by atoms with E-state index < -0.39 is 78.2 Å². The van der Waals surface area contributed by atoms with Crippen LogP contribution in [0.5, 0.6) is 0 Å². The molecule has 6 unspecified atom stereocenters. The Labute approximate surface area is 314 Å². The molecule has 2 aromatic rings. The Balaban J connectivity index is 1.30. The molecule has 1 fully saturated rings. The summed E-state index contributed by atoms with van der Waals surface area (Å²) in [6.07, 6.45) is 1.80. The molecule has 292 valence electrons. The Bertz CT molecular complexity index is 1690. The van der Waals surface area contributed by atoms with Gasteiger partial charge in [-0.05, 0) is 75.1 Å². The van der Waals surface area contributed by atoms with E-state index in [1.807, 2.05) is 24.3 Å². The summed E-state index contributed by atoms with van der Waals surface area (Å²) in [5.74, 6) is -3.62. The van der Waals surface area contributed by atoms with Crippen molar-refractivity contribution >= 4 is 29.8 Å². The smallest absolute Gasteiger partial charge is 0.338 e. The molecule has 1 heterocycles. The maximum Gasteiger partial charge on any atom is 0.338 e. The predicted octanol–water partition coefficient (Wildman–Crippen LogP) is 2.27. The molecule has 0 aromatic heterocycles. The van der Waals surface area contributed by atoms with Gasteiger partial charge in [0.05, 0.1) is 37.2 Å². The lowest BCUT2D eigenvalue weighted by Crippen LogP contribution is -2.55. The van der Waals surface area contributed by atoms with Crippen LogP contribution in [-0.4, -0.2) is 107 Å². The highest BCUT2D eigenvalue weighted by Crippen LogP contribution is 2.45. The van der Waals surface area contributed by atoms with Crippen LogP contribution in [0.15, 0.2) is 66.4 Å². The zero-order valence-corrected chi connectivity index (χ0v) is 31.0. The summed E-state index contributed by atoms with van der Waals surface area (Å²) in [5.41, 5.74) is 2.63. The zero-order valence-electron chi connectivity index (χ0n) is 31.0. The fourth-order valence-corrected chi connectivity index (χ4v) is 6.67. The van der Waals surface area contributed by atoms with Crippen molar-refractivity contribution in [3.63, 3.8) is 0 Å². The van der Waals surface area contributed by atoms with E-state index in [0.29, 0.717) is 12.8 Å². The van der Waals surface area contributed by atoms with Crippen LogP contribution in [0.3, 0.4) is 0 Å². The first-order valence-electron chi connectivity index (χ1n) is 18.1. The van der Waals surface area contributed by atoms with Crippen LogP contribution in [-0.2, 0) is 50.9 Å². The highest BCUT2D eigenvalue weighted by Gasteiger charge is 2.55. The largest absolute Gasteiger partial charge is 0.499 e. The summed E-state index contributed by atoms with van der Waals surface area (Å²) in [5, 5.41) is 34.5. The molecule has 0 bridgehead atoms. The van der Waals surface area contributed by atoms with Crippen molar-refractivity contribution in [2.24, 2.45) is 0 Å². The van der Waals surface area contributed by atoms with Crippen LogP contribution in [0, 0.1) is 0 Å². The van der Waals surface area contributed by atoms with Crippen LogP contribution in [0.1, 0.15) is 74.0 Å². The molecule has 1 saturated heterocycles. The molecular weight excluding hydrogens is 700 g/mol. The fourth-order valence-electron chi connectivity index (χ4n) is 6.67. The highest BCUT2D eigenvalue weighted by atomic mass is 16.8. The molecular formula is C40H50N2O12. The third kappa shape index (κ3) is 10.5. The monoisotopic (exact) mass is 750 g/mol. The Morgan fingerprint density at radius 2 is 1.69 bits per heavy atom. The quantitative estimate of drug-likeness (QED) is 0.101. The van der Waals surface area contributed by atoms with Crippen molar-refractivity contribution in [1.82, 2.24) is 10.6 Å². The number of benzene rings is 2. The average Bonchev–Trinajstić information content (AvgIpc) is 3.67. The lowest BCUT2D eigenvalue weighted by Gasteiger charge is -2.31. The van der Waals surface area contributed by atoms with E-state index in [2.05, 4.69) is 10.6 Å². The normalized spacial score (nSPS) is 21.7. The van der Waals surface area contributed by atoms with Gasteiger partial charge < -0.3 is 49.6 Å². The predicted molar refractivity (Wildman–Crippen MR) is 194 cm³/mol. The van der Waals surface area contributed by atoms with Crippen LogP contribution in [0.2, 0.25) is 0 Å². The topological polar surface area (TPSA) is 199 Å². The van der Waals surface area contributed by atoms with E-state index >= 15 is 0 Å². The zero-order chi connectivity index (χ0) is 39.0. The molecule has 2 aliphatic carbocycles. The Hall–Kier alpha value is -4.60. The number of ether oxygens (including phenoxy) is 5. The maximum atomic E-state index is 13.8. The number of fused-ring (bicyclic) bond motifs is 2. The number of hydrogen-bond acceptors (Lipinski definition) is 12. The van der Waals surface area contributed by atoms with Crippen molar-refractivity contribution in [2.45, 2.75) is 108 Å². The van der Waals surface area contributed by atoms with Crippen molar-refractivity contribution in [2.75, 3.05) is 19.8 Å². The number of aliphatic hydroxyl groups is 3. The van der Waals surface area contributed by atoms with Gasteiger partial charge in [0.1, 0.15) is 36.6 Å². The van der Waals surface area contributed by atoms with Gasteiger partial charge in [-0.25, -0.2) is 4.79 Å². The van der Waals surface area contributed by atoms with Crippen molar-refractivity contribution in [3.8, 4) is 0 Å². The highest BCUT2D eigenvalue weighted by molar-refractivity contribution is 5.97. The molecule has 0 saturated carbocycles. The summed E-state index contributed by atoms with van der Waals surface area (Å²) < 4.78 is 29.5. The second kappa shape index (κ2) is 17.7. The molecule has 0 radical (unpaired) electrons. The number of rotatable bonds is 15. The molecule has 1 aliphatic heterocycles. The first-order chi connectivity index (χ1) is 25.7. The van der Waals surface area contributed by atoms with Gasteiger partial charge in [0, 0.05) is 31.3 Å². The number of hydrogen-bond donors (Lipinski definition) is 5. The van der Waals surface area contributed by atoms with Gasteiger partial charge in [-0.2, -0.15) is 0 Å². The average molecular weight is 751 g/mol. The third-order valence-corrected chi connectivity index (χ3v) is 9.21. The maximum absolute atomic E-state index is 13.8. The molecule has 5 N–H and O–H groups in total. The number of amides is 2. The third-order valence-electron chi connectivity index (χ3n) is 9.21. The fraction of sp³-hybridized carbons (Fsp3) is 0.500. The van der Waals surface area contributed by atoms with E-state index in [4.69, 9.17) is 28.8 Å². The van der Waals surface area contributed by atoms with E-state index in [1.165, 1.54) is 13.2 Å². The lowest BCUT2D eigenvalue weighted by molar-refractivity contribution is -0.172. The second-order valence-corrected chi connectivity index (χ2v) is 14.8. The van der Waals surface area contributed by atoms with Crippen molar-refractivity contribution in [3.05, 3.63) is 88.7 Å². The Kier molecular flexibility index (Phi) is 13.3. The molecule has 2 aromatic carbocycles. The van der Waals surface area contributed by atoms with Gasteiger partial charge in [0.25, 0.3) is 0 Å². The van der Waals surface area contributed by atoms with E-state index in [-0.39, 0.29) is 43.6 Å². The van der Waals surface area contributed by atoms with Gasteiger partial charge in [0.15, 0.2) is 5.79 Å². The minimum Gasteiger partial charge on any atom is -0.499 e. The molecule has 54 heavy (non-hydrogen) atoms. The van der Waals surface area contributed by atoms with E-state index in [0.717, 1.165) is 16.7 Å². The van der Waals surface area contributed by atoms with Crippen LogP contribution >= 0.6 is 0 Å². The van der Waals surface area contributed by atoms with Gasteiger partial charge >= 0.3 is 11.9 Å². The first-order valence-corrected chi connectivity index (χ1v) is 18.1. The minimum absolute atomic E-state index is 0.0692. The standard InChI is InChI=1S/C40H50N2O12/c1-24(45)34(37(48)41-30(23-44)13-14-33(46)53-39(2,3)4)42-36(47)29-19-31(51-38(49)26-11-9-25(10-12-26)15-17-50-18-16-43)35-32(20-29)52-40(54-35)21-27-7-5-6-8-28(27)22-40/h5-12,15,17,20,24,30-32,34-35,43-45H,13-14,16,18-19,21-23H2,1-4H3,(H,41,48)(H,42,47). The van der Waals surface area contributed by atoms with Crippen LogP contribution in [0.25, 0.3) is 6.08 Å². The van der Waals surface area contributed by atoms with Gasteiger partial charge in [-0.3, -0.25) is 14.4 Å². The van der Waals surface area contributed by atoms with Crippen molar-refractivity contribution in [1.29, 1.82) is 0 Å². The molecule has 6 atom stereocenters. The van der Waals surface area contributed by atoms with Gasteiger partial charge in [-0.15, -0.1) is 0 Å². The molecule has 5 rings (SSSR count). The summed E-state index contributed by atoms with van der Waals surface area (Å²) in [4.78, 5) is 52.8. The van der Waals surface area contributed by atoms with Gasteiger partial charge in [-0.1, -0.05) is 36.4 Å². The number of carbonyl (C=O) groups excluding carboxylic acids is 4. The van der Waals surface area contributed by atoms with E-state index in [1.54, 1.807) is 57.2 Å². The SMILES string of the molecule is CC(O)C(NC(=O)C1=CC2OC3(Cc4ccccc4C3)OC2C(OC(=O)c2ccc(C=COCCO)cc2)C1)C(=O)NC(CO)CCC(=O)OC(C)(C)C. The van der Waals surface area contributed by atoms with Crippen LogP contribution < -0.4 is 10.6 Å². The summed E-state index contributed by atoms with van der Waals surface area (Å²) in [7, 11) is 0. The van der Waals surface area contributed by atoms with Crippen LogP contribution in [0.4, 0.5) is 0 Å². The number of aliphatic hydroxyl groups excluding tert-OH is 3. The first kappa shape index (κ1) is 40.6. The number of nitrogens with one attached hydrogen (secondary N) is 2. The lowest BCUT2D eigenvalue weighted by atomic mass is 9.91. The Morgan fingerprint density at radius 1 is 1.00 bits per heavy atom. The molecule has 14 nitrogen and oxygen atoms in total. The van der Waals surface area contributed by atoms with E-state index in [9.17, 15) is 29.4 Å². The second-order valence-electron chi connectivity index (χ2n) is 14.8. The number of esters is 2. The summed E-state index contributed by atoms with van der Waals surface area (Å²) in [6, 6.07) is 12.2. The summed E-state index contributed by atoms with van der Waals surface area (Å²) in [6.45, 7) is 6.10. The molecule has 14 heteroatoms. The van der Waals surface area contributed by atoms with Crippen molar-refractivity contribution < 1.29 is 58.2 Å². The molecule has 1 spiro atoms. The molecule has 3 aliphatic rings.